The van der Waals surface area contributed by atoms with Gasteiger partial charge < -0.3 is 0 Å². The Morgan fingerprint density at radius 2 is 2.36 bits per heavy atom. The minimum absolute atomic E-state index is 0.374. The van der Waals surface area contributed by atoms with Crippen molar-refractivity contribution in [2.24, 2.45) is 7.05 Å². The lowest BCUT2D eigenvalue weighted by Crippen LogP contribution is -1.92. The molecule has 0 saturated carbocycles. The molecule has 0 aliphatic carbocycles. The molecule has 0 spiro atoms. The monoisotopic (exact) mass is 188 g/mol. The third-order valence-corrected chi connectivity index (χ3v) is 1.76. The highest BCUT2D eigenvalue weighted by molar-refractivity contribution is 5.72. The summed E-state index contributed by atoms with van der Waals surface area (Å²) in [6.45, 7) is 0. The van der Waals surface area contributed by atoms with Crippen LogP contribution in [0.1, 0.15) is 10.5 Å². The Morgan fingerprint density at radius 1 is 1.50 bits per heavy atom. The predicted octanol–water partition coefficient (Wildman–Crippen LogP) is 0.690. The molecule has 5 heteroatoms. The summed E-state index contributed by atoms with van der Waals surface area (Å²) in [6.07, 6.45) is 5.70. The average molecular weight is 188 g/mol. The second-order valence-electron chi connectivity index (χ2n) is 2.83. The van der Waals surface area contributed by atoms with Gasteiger partial charge in [-0.1, -0.05) is 0 Å². The van der Waals surface area contributed by atoms with Gasteiger partial charge in [0.25, 0.3) is 0 Å². The van der Waals surface area contributed by atoms with Gasteiger partial charge in [-0.3, -0.25) is 9.48 Å². The molecule has 0 aliphatic rings. The van der Waals surface area contributed by atoms with E-state index in [-0.39, 0.29) is 0 Å². The van der Waals surface area contributed by atoms with E-state index in [0.717, 1.165) is 5.56 Å². The zero-order valence-corrected chi connectivity index (χ0v) is 7.58. The largest absolute Gasteiger partial charge is 0.296 e. The smallest absolute Gasteiger partial charge is 0.168 e. The summed E-state index contributed by atoms with van der Waals surface area (Å²) in [5, 5.41) is 4.00. The molecule has 2 rings (SSSR count). The third-order valence-electron chi connectivity index (χ3n) is 1.76. The van der Waals surface area contributed by atoms with Crippen LogP contribution in [0.3, 0.4) is 0 Å². The summed E-state index contributed by atoms with van der Waals surface area (Å²) in [5.74, 6) is 0.516. The Bertz CT molecular complexity index is 463. The summed E-state index contributed by atoms with van der Waals surface area (Å²) in [6, 6.07) is 1.56. The highest BCUT2D eigenvalue weighted by Gasteiger charge is 2.03. The van der Waals surface area contributed by atoms with Crippen LogP contribution in [0.25, 0.3) is 11.4 Å². The molecule has 2 heterocycles. The Morgan fingerprint density at radius 3 is 3.00 bits per heavy atom. The van der Waals surface area contributed by atoms with Crippen molar-refractivity contribution in [3.8, 4) is 11.4 Å². The Labute approximate surface area is 80.4 Å². The first kappa shape index (κ1) is 8.55. The minimum Gasteiger partial charge on any atom is -0.296 e. The lowest BCUT2D eigenvalue weighted by atomic mass is 10.3. The Balaban J connectivity index is 2.46. The van der Waals surface area contributed by atoms with Crippen LogP contribution in [-0.2, 0) is 7.05 Å². The maximum atomic E-state index is 10.5. The molecule has 2 aromatic rings. The van der Waals surface area contributed by atoms with Crippen molar-refractivity contribution >= 4 is 6.29 Å². The van der Waals surface area contributed by atoms with Gasteiger partial charge in [0.1, 0.15) is 5.69 Å². The van der Waals surface area contributed by atoms with E-state index in [9.17, 15) is 4.79 Å². The second-order valence-corrected chi connectivity index (χ2v) is 2.83. The van der Waals surface area contributed by atoms with Gasteiger partial charge in [-0.25, -0.2) is 9.97 Å². The molecule has 0 amide bonds. The van der Waals surface area contributed by atoms with E-state index in [2.05, 4.69) is 15.1 Å². The fraction of sp³-hybridized carbons (Fsp3) is 0.111. The van der Waals surface area contributed by atoms with Gasteiger partial charge in [0, 0.05) is 19.4 Å². The first-order valence-corrected chi connectivity index (χ1v) is 4.07. The molecule has 2 aromatic heterocycles. The fourth-order valence-corrected chi connectivity index (χ4v) is 1.11. The van der Waals surface area contributed by atoms with Crippen molar-refractivity contribution in [1.82, 2.24) is 19.7 Å². The molecule has 0 unspecified atom stereocenters. The zero-order valence-electron chi connectivity index (χ0n) is 7.58. The van der Waals surface area contributed by atoms with E-state index in [4.69, 9.17) is 0 Å². The highest BCUT2D eigenvalue weighted by atomic mass is 16.1. The van der Waals surface area contributed by atoms with Crippen LogP contribution < -0.4 is 0 Å². The number of rotatable bonds is 2. The molecule has 0 radical (unpaired) electrons. The predicted molar refractivity (Wildman–Crippen MR) is 49.6 cm³/mol. The fourth-order valence-electron chi connectivity index (χ4n) is 1.11. The van der Waals surface area contributed by atoms with Crippen molar-refractivity contribution in [2.75, 3.05) is 0 Å². The van der Waals surface area contributed by atoms with Crippen LogP contribution in [-0.4, -0.2) is 26.0 Å². The molecule has 70 valence electrons. The van der Waals surface area contributed by atoms with E-state index >= 15 is 0 Å². The number of aryl methyl sites for hydroxylation is 1. The molecular weight excluding hydrogens is 180 g/mol. The number of aromatic nitrogens is 4. The summed E-state index contributed by atoms with van der Waals surface area (Å²) in [7, 11) is 1.81. The van der Waals surface area contributed by atoms with Gasteiger partial charge in [0.2, 0.25) is 0 Å². The second kappa shape index (κ2) is 3.37. The molecular formula is C9H8N4O. The molecule has 0 fully saturated rings. The number of hydrogen-bond donors (Lipinski definition) is 0. The summed E-state index contributed by atoms with van der Waals surface area (Å²) < 4.78 is 1.66. The topological polar surface area (TPSA) is 60.7 Å². The molecule has 5 nitrogen and oxygen atoms in total. The molecule has 14 heavy (non-hydrogen) atoms. The summed E-state index contributed by atoms with van der Waals surface area (Å²) in [4.78, 5) is 18.6. The SMILES string of the molecule is Cn1cc(-c2nccc(C=O)n2)cn1. The van der Waals surface area contributed by atoms with Crippen LogP contribution in [0, 0.1) is 0 Å². The number of hydrogen-bond acceptors (Lipinski definition) is 4. The molecule has 0 aromatic carbocycles. The van der Waals surface area contributed by atoms with Gasteiger partial charge in [-0.15, -0.1) is 0 Å². The van der Waals surface area contributed by atoms with Crippen LogP contribution in [0.5, 0.6) is 0 Å². The third kappa shape index (κ3) is 1.52. The number of carbonyl (C=O) groups is 1. The van der Waals surface area contributed by atoms with Gasteiger partial charge >= 0.3 is 0 Å². The molecule has 0 saturated heterocycles. The normalized spacial score (nSPS) is 10.1. The first-order valence-electron chi connectivity index (χ1n) is 4.07. The summed E-state index contributed by atoms with van der Waals surface area (Å²) >= 11 is 0. The standard InChI is InChI=1S/C9H8N4O/c1-13-5-7(4-11-13)9-10-3-2-8(6-14)12-9/h2-6H,1H3. The molecule has 0 N–H and O–H groups in total. The highest BCUT2D eigenvalue weighted by Crippen LogP contribution is 2.11. The van der Waals surface area contributed by atoms with Gasteiger partial charge in [-0.2, -0.15) is 5.10 Å². The average Bonchev–Trinajstić information content (AvgIpc) is 2.65. The lowest BCUT2D eigenvalue weighted by Gasteiger charge is -1.94. The number of carbonyl (C=O) groups excluding carboxylic acids is 1. The zero-order chi connectivity index (χ0) is 9.97. The van der Waals surface area contributed by atoms with Crippen molar-refractivity contribution < 1.29 is 4.79 Å². The lowest BCUT2D eigenvalue weighted by molar-refractivity contribution is 0.111. The van der Waals surface area contributed by atoms with Crippen LogP contribution >= 0.6 is 0 Å². The molecule has 0 aliphatic heterocycles. The molecule has 0 atom stereocenters. The van der Waals surface area contributed by atoms with Crippen LogP contribution in [0.4, 0.5) is 0 Å². The van der Waals surface area contributed by atoms with Gasteiger partial charge in [0.15, 0.2) is 12.1 Å². The van der Waals surface area contributed by atoms with Crippen molar-refractivity contribution in [1.29, 1.82) is 0 Å². The van der Waals surface area contributed by atoms with Crippen molar-refractivity contribution in [2.45, 2.75) is 0 Å². The van der Waals surface area contributed by atoms with E-state index in [1.54, 1.807) is 29.3 Å². The maximum absolute atomic E-state index is 10.5. The van der Waals surface area contributed by atoms with Gasteiger partial charge in [0.05, 0.1) is 11.8 Å². The van der Waals surface area contributed by atoms with E-state index < -0.39 is 0 Å². The Kier molecular flexibility index (Phi) is 2.06. The van der Waals surface area contributed by atoms with E-state index in [1.165, 1.54) is 0 Å². The molecule has 0 bridgehead atoms. The van der Waals surface area contributed by atoms with Crippen LogP contribution in [0.15, 0.2) is 24.7 Å². The number of aldehydes is 1. The van der Waals surface area contributed by atoms with Crippen molar-refractivity contribution in [3.05, 3.63) is 30.4 Å². The number of nitrogens with zero attached hydrogens (tertiary/aromatic N) is 4. The van der Waals surface area contributed by atoms with E-state index in [0.29, 0.717) is 17.8 Å². The quantitative estimate of drug-likeness (QED) is 0.650. The first-order chi connectivity index (χ1) is 6.79. The van der Waals surface area contributed by atoms with E-state index in [1.807, 2.05) is 7.05 Å². The Hall–Kier alpha value is -2.04. The summed E-state index contributed by atoms with van der Waals surface area (Å²) in [5.41, 5.74) is 1.18. The van der Waals surface area contributed by atoms with Crippen LogP contribution in [0.2, 0.25) is 0 Å². The van der Waals surface area contributed by atoms with Gasteiger partial charge in [-0.05, 0) is 6.07 Å². The maximum Gasteiger partial charge on any atom is 0.168 e. The minimum atomic E-state index is 0.374. The van der Waals surface area contributed by atoms with Crippen molar-refractivity contribution in [3.63, 3.8) is 0 Å².